The molecule has 9 heteroatoms. The quantitative estimate of drug-likeness (QED) is 0.268. The van der Waals surface area contributed by atoms with E-state index in [1.807, 2.05) is 0 Å². The Kier molecular flexibility index (Phi) is 7.38. The van der Waals surface area contributed by atoms with E-state index in [4.69, 9.17) is 9.47 Å². The van der Waals surface area contributed by atoms with Crippen LogP contribution in [0.15, 0.2) is 18.2 Å². The zero-order valence-electron chi connectivity index (χ0n) is 17.4. The van der Waals surface area contributed by atoms with Crippen LogP contribution in [0.3, 0.4) is 0 Å². The Hall–Kier alpha value is -1.58. The van der Waals surface area contributed by atoms with Gasteiger partial charge in [-0.05, 0) is 31.0 Å². The highest BCUT2D eigenvalue weighted by molar-refractivity contribution is 5.47. The second-order valence-electron chi connectivity index (χ2n) is 8.35. The normalized spacial score (nSPS) is 40.8. The number of rotatable bonds is 3. The first kappa shape index (κ1) is 24.1. The fourth-order valence-corrected chi connectivity index (χ4v) is 4.10. The van der Waals surface area contributed by atoms with Crippen molar-refractivity contribution in [2.45, 2.75) is 74.7 Å². The summed E-state index contributed by atoms with van der Waals surface area (Å²) in [7, 11) is 0. The summed E-state index contributed by atoms with van der Waals surface area (Å²) in [4.78, 5) is 0. The molecule has 31 heavy (non-hydrogen) atoms. The molecule has 0 aromatic heterocycles. The maximum Gasteiger partial charge on any atom is 0.129 e. The van der Waals surface area contributed by atoms with Gasteiger partial charge in [-0.1, -0.05) is 24.0 Å². The van der Waals surface area contributed by atoms with Gasteiger partial charge in [0.15, 0.2) is 0 Å². The molecule has 1 aromatic carbocycles. The zero-order valence-corrected chi connectivity index (χ0v) is 17.4. The molecule has 172 valence electrons. The van der Waals surface area contributed by atoms with Crippen molar-refractivity contribution in [3.8, 4) is 11.8 Å². The SMILES string of the molecule is Cc1c(C#CC2(C)C[C@@H](O)[C@H](O)[C@@H](CO)O2)cccc1[C@H]1OC(CO)[C@@H](O)[C@H](O)[C@@H]1O. The predicted octanol–water partition coefficient (Wildman–Crippen LogP) is -1.88. The lowest BCUT2D eigenvalue weighted by molar-refractivity contribution is -0.231. The van der Waals surface area contributed by atoms with E-state index in [0.717, 1.165) is 0 Å². The van der Waals surface area contributed by atoms with E-state index in [2.05, 4.69) is 11.8 Å². The highest BCUT2D eigenvalue weighted by Crippen LogP contribution is 2.35. The minimum atomic E-state index is -1.48. The Morgan fingerprint density at radius 3 is 2.29 bits per heavy atom. The second-order valence-corrected chi connectivity index (χ2v) is 8.35. The molecule has 0 spiro atoms. The van der Waals surface area contributed by atoms with Crippen LogP contribution in [0, 0.1) is 18.8 Å². The Morgan fingerprint density at radius 1 is 0.968 bits per heavy atom. The lowest BCUT2D eigenvalue weighted by atomic mass is 9.87. The molecule has 2 heterocycles. The Morgan fingerprint density at radius 2 is 1.65 bits per heavy atom. The fraction of sp³-hybridized carbons (Fsp3) is 0.636. The van der Waals surface area contributed by atoms with Gasteiger partial charge in [-0.15, -0.1) is 0 Å². The first-order chi connectivity index (χ1) is 14.6. The molecule has 0 aliphatic carbocycles. The van der Waals surface area contributed by atoms with Crippen molar-refractivity contribution in [2.75, 3.05) is 13.2 Å². The van der Waals surface area contributed by atoms with Crippen molar-refractivity contribution in [3.63, 3.8) is 0 Å². The standard InChI is InChI=1S/C22H30O9/c1-11-12(6-7-22(2)8-14(25)17(26)16(10-24)31-22)4-3-5-13(11)21-20(29)19(28)18(27)15(9-23)30-21/h3-5,14-21,23-29H,8-10H2,1-2H3/t14-,15?,16-,17+,18-,19+,20+,21-,22?/m1/s1. The summed E-state index contributed by atoms with van der Waals surface area (Å²) in [5.74, 6) is 5.96. The molecule has 0 bridgehead atoms. The van der Waals surface area contributed by atoms with Gasteiger partial charge in [-0.25, -0.2) is 0 Å². The summed E-state index contributed by atoms with van der Waals surface area (Å²) in [5.41, 5.74) is 0.693. The Bertz CT molecular complexity index is 832. The van der Waals surface area contributed by atoms with Crippen LogP contribution in [-0.2, 0) is 9.47 Å². The molecule has 9 nitrogen and oxygen atoms in total. The van der Waals surface area contributed by atoms with Crippen LogP contribution in [-0.4, -0.2) is 97.3 Å². The Labute approximate surface area is 180 Å². The molecule has 2 aliphatic heterocycles. The topological polar surface area (TPSA) is 160 Å². The van der Waals surface area contributed by atoms with Crippen LogP contribution in [0.25, 0.3) is 0 Å². The van der Waals surface area contributed by atoms with E-state index in [1.165, 1.54) is 0 Å². The van der Waals surface area contributed by atoms with Gasteiger partial charge in [0.1, 0.15) is 48.3 Å². The summed E-state index contributed by atoms with van der Waals surface area (Å²) in [5, 5.41) is 69.3. The van der Waals surface area contributed by atoms with Gasteiger partial charge >= 0.3 is 0 Å². The van der Waals surface area contributed by atoms with Crippen molar-refractivity contribution in [1.82, 2.24) is 0 Å². The zero-order chi connectivity index (χ0) is 22.9. The lowest BCUT2D eigenvalue weighted by Gasteiger charge is -2.41. The van der Waals surface area contributed by atoms with Gasteiger partial charge in [0.05, 0.1) is 19.3 Å². The smallest absolute Gasteiger partial charge is 0.129 e. The average Bonchev–Trinajstić information content (AvgIpc) is 2.75. The molecule has 2 unspecified atom stereocenters. The highest BCUT2D eigenvalue weighted by Gasteiger charge is 2.45. The third-order valence-electron chi connectivity index (χ3n) is 6.00. The maximum absolute atomic E-state index is 10.4. The largest absolute Gasteiger partial charge is 0.394 e. The maximum atomic E-state index is 10.4. The molecule has 9 atom stereocenters. The van der Waals surface area contributed by atoms with Crippen LogP contribution in [0.5, 0.6) is 0 Å². The number of hydrogen-bond donors (Lipinski definition) is 7. The average molecular weight is 438 g/mol. The van der Waals surface area contributed by atoms with Crippen LogP contribution >= 0.6 is 0 Å². The van der Waals surface area contributed by atoms with E-state index in [9.17, 15) is 35.7 Å². The highest BCUT2D eigenvalue weighted by atomic mass is 16.5. The minimum absolute atomic E-state index is 0.0586. The van der Waals surface area contributed by atoms with E-state index in [0.29, 0.717) is 16.7 Å². The summed E-state index contributed by atoms with van der Waals surface area (Å²) in [6.07, 6.45) is -9.51. The van der Waals surface area contributed by atoms with Crippen LogP contribution in [0.4, 0.5) is 0 Å². The second kappa shape index (κ2) is 9.50. The van der Waals surface area contributed by atoms with E-state index in [1.54, 1.807) is 32.0 Å². The molecule has 7 N–H and O–H groups in total. The van der Waals surface area contributed by atoms with Crippen LogP contribution in [0.1, 0.15) is 36.1 Å². The van der Waals surface area contributed by atoms with Gasteiger partial charge in [-0.3, -0.25) is 0 Å². The van der Waals surface area contributed by atoms with Crippen LogP contribution in [0.2, 0.25) is 0 Å². The first-order valence-corrected chi connectivity index (χ1v) is 10.2. The molecule has 0 saturated carbocycles. The van der Waals surface area contributed by atoms with E-state index < -0.39 is 67.6 Å². The molecule has 0 amide bonds. The summed E-state index contributed by atoms with van der Waals surface area (Å²) >= 11 is 0. The predicted molar refractivity (Wildman–Crippen MR) is 108 cm³/mol. The van der Waals surface area contributed by atoms with E-state index in [-0.39, 0.29) is 6.42 Å². The third kappa shape index (κ3) is 4.78. The summed E-state index contributed by atoms with van der Waals surface area (Å²) < 4.78 is 11.3. The molecule has 3 rings (SSSR count). The number of aliphatic hydroxyl groups excluding tert-OH is 7. The van der Waals surface area contributed by atoms with Gasteiger partial charge in [0, 0.05) is 12.0 Å². The fourth-order valence-electron chi connectivity index (χ4n) is 4.10. The number of ether oxygens (including phenoxy) is 2. The lowest BCUT2D eigenvalue weighted by Crippen LogP contribution is -2.55. The molecule has 0 radical (unpaired) electrons. The van der Waals surface area contributed by atoms with E-state index >= 15 is 0 Å². The minimum Gasteiger partial charge on any atom is -0.394 e. The van der Waals surface area contributed by atoms with Crippen molar-refractivity contribution in [2.24, 2.45) is 0 Å². The summed E-state index contributed by atoms with van der Waals surface area (Å²) in [6, 6.07) is 5.15. The molecular weight excluding hydrogens is 408 g/mol. The molecule has 2 fully saturated rings. The monoisotopic (exact) mass is 438 g/mol. The molecule has 2 aliphatic rings. The Balaban J connectivity index is 1.89. The van der Waals surface area contributed by atoms with Gasteiger partial charge < -0.3 is 45.2 Å². The first-order valence-electron chi connectivity index (χ1n) is 10.2. The number of hydrogen-bond acceptors (Lipinski definition) is 9. The van der Waals surface area contributed by atoms with Crippen molar-refractivity contribution in [1.29, 1.82) is 0 Å². The van der Waals surface area contributed by atoms with Crippen LogP contribution < -0.4 is 0 Å². The van der Waals surface area contributed by atoms with Gasteiger partial charge in [0.2, 0.25) is 0 Å². The summed E-state index contributed by atoms with van der Waals surface area (Å²) in [6.45, 7) is 2.45. The number of benzene rings is 1. The molecule has 2 saturated heterocycles. The van der Waals surface area contributed by atoms with Gasteiger partial charge in [0.25, 0.3) is 0 Å². The third-order valence-corrected chi connectivity index (χ3v) is 6.00. The van der Waals surface area contributed by atoms with Crippen molar-refractivity contribution < 1.29 is 45.2 Å². The molecular formula is C22H30O9. The molecule has 1 aromatic rings. The van der Waals surface area contributed by atoms with Crippen molar-refractivity contribution in [3.05, 3.63) is 34.9 Å². The van der Waals surface area contributed by atoms with Crippen molar-refractivity contribution >= 4 is 0 Å². The number of aliphatic hydroxyl groups is 7. The van der Waals surface area contributed by atoms with Gasteiger partial charge in [-0.2, -0.15) is 0 Å².